The topological polar surface area (TPSA) is 63.8 Å². The largest absolute Gasteiger partial charge is 0.354 e. The van der Waals surface area contributed by atoms with Crippen molar-refractivity contribution in [2.45, 2.75) is 6.92 Å². The van der Waals surface area contributed by atoms with E-state index in [1.165, 1.54) is 6.07 Å². The molecule has 0 radical (unpaired) electrons. The van der Waals surface area contributed by atoms with Crippen LogP contribution in [0.15, 0.2) is 36.7 Å². The van der Waals surface area contributed by atoms with Gasteiger partial charge in [0.05, 0.1) is 0 Å². The molecule has 3 N–H and O–H groups in total. The molecule has 0 aliphatic rings. The molecular weight excluding hydrogens is 243 g/mol. The molecule has 0 saturated carbocycles. The first kappa shape index (κ1) is 13.4. The molecule has 100 valence electrons. The first-order chi connectivity index (χ1) is 9.20. The number of anilines is 1. The average Bonchev–Trinajstić information content (AvgIpc) is 2.46. The first-order valence-corrected chi connectivity index (χ1v) is 6.21. The van der Waals surface area contributed by atoms with Crippen LogP contribution in [0.3, 0.4) is 0 Å². The van der Waals surface area contributed by atoms with Crippen LogP contribution in [0, 0.1) is 11.7 Å². The fourth-order valence-corrected chi connectivity index (χ4v) is 1.60. The van der Waals surface area contributed by atoms with Gasteiger partial charge in [0.25, 0.3) is 0 Å². The second-order valence-electron chi connectivity index (χ2n) is 4.50. The van der Waals surface area contributed by atoms with Gasteiger partial charge in [-0.15, -0.1) is 0 Å². The number of benzene rings is 1. The van der Waals surface area contributed by atoms with Gasteiger partial charge in [0.15, 0.2) is 0 Å². The molecule has 5 heteroatoms. The van der Waals surface area contributed by atoms with E-state index in [0.29, 0.717) is 29.5 Å². The van der Waals surface area contributed by atoms with Crippen molar-refractivity contribution in [2.24, 2.45) is 11.7 Å². The predicted molar refractivity (Wildman–Crippen MR) is 74.1 cm³/mol. The molecule has 2 rings (SSSR count). The van der Waals surface area contributed by atoms with Crippen molar-refractivity contribution >= 4 is 5.95 Å². The summed E-state index contributed by atoms with van der Waals surface area (Å²) in [7, 11) is 0. The second-order valence-corrected chi connectivity index (χ2v) is 4.50. The summed E-state index contributed by atoms with van der Waals surface area (Å²) in [5.74, 6) is 0.610. The number of rotatable bonds is 5. The maximum absolute atomic E-state index is 13.6. The lowest BCUT2D eigenvalue weighted by molar-refractivity contribution is 0.625. The summed E-state index contributed by atoms with van der Waals surface area (Å²) in [4.78, 5) is 8.35. The number of nitrogens with zero attached hydrogens (tertiary/aromatic N) is 2. The summed E-state index contributed by atoms with van der Waals surface area (Å²) in [6, 6.07) is 6.57. The van der Waals surface area contributed by atoms with E-state index in [1.54, 1.807) is 30.6 Å². The summed E-state index contributed by atoms with van der Waals surface area (Å²) < 4.78 is 13.6. The predicted octanol–water partition coefficient (Wildman–Crippen LogP) is 2.29. The van der Waals surface area contributed by atoms with Gasteiger partial charge in [-0.2, -0.15) is 0 Å². The minimum absolute atomic E-state index is 0.274. The molecular formula is C14H17FN4. The summed E-state index contributed by atoms with van der Waals surface area (Å²) in [5, 5.41) is 3.09. The number of nitrogens with two attached hydrogens (primary N) is 1. The summed E-state index contributed by atoms with van der Waals surface area (Å²) in [6.07, 6.45) is 3.22. The Kier molecular flexibility index (Phi) is 4.41. The molecule has 1 aromatic carbocycles. The molecule has 0 aliphatic heterocycles. The lowest BCUT2D eigenvalue weighted by Crippen LogP contribution is -2.20. The minimum Gasteiger partial charge on any atom is -0.354 e. The molecule has 4 nitrogen and oxygen atoms in total. The molecule has 1 atom stereocenters. The van der Waals surface area contributed by atoms with Crippen LogP contribution in [0.25, 0.3) is 11.1 Å². The van der Waals surface area contributed by atoms with Crippen LogP contribution in [0.2, 0.25) is 0 Å². The number of nitrogens with one attached hydrogen (secondary N) is 1. The number of aromatic nitrogens is 2. The monoisotopic (exact) mass is 260 g/mol. The molecule has 0 fully saturated rings. The van der Waals surface area contributed by atoms with Gasteiger partial charge in [0.1, 0.15) is 5.82 Å². The zero-order chi connectivity index (χ0) is 13.7. The summed E-state index contributed by atoms with van der Waals surface area (Å²) >= 11 is 0. The van der Waals surface area contributed by atoms with Crippen molar-refractivity contribution in [1.29, 1.82) is 0 Å². The van der Waals surface area contributed by atoms with Gasteiger partial charge >= 0.3 is 0 Å². The quantitative estimate of drug-likeness (QED) is 0.865. The molecule has 0 saturated heterocycles. The van der Waals surface area contributed by atoms with Crippen molar-refractivity contribution in [3.05, 3.63) is 42.5 Å². The van der Waals surface area contributed by atoms with E-state index in [0.717, 1.165) is 6.54 Å². The Hall–Kier alpha value is -2.01. The van der Waals surface area contributed by atoms with E-state index in [9.17, 15) is 4.39 Å². The Balaban J connectivity index is 2.09. The maximum atomic E-state index is 13.6. The van der Waals surface area contributed by atoms with Crippen molar-refractivity contribution in [3.8, 4) is 11.1 Å². The highest BCUT2D eigenvalue weighted by Crippen LogP contribution is 2.21. The van der Waals surface area contributed by atoms with Crippen LogP contribution in [0.4, 0.5) is 10.3 Å². The third kappa shape index (κ3) is 3.48. The zero-order valence-corrected chi connectivity index (χ0v) is 10.8. The average molecular weight is 260 g/mol. The SMILES string of the molecule is CC(CN)CNc1ncc(-c2ccccc2F)cn1. The summed E-state index contributed by atoms with van der Waals surface area (Å²) in [6.45, 7) is 3.37. The summed E-state index contributed by atoms with van der Waals surface area (Å²) in [5.41, 5.74) is 6.70. The van der Waals surface area contributed by atoms with E-state index < -0.39 is 0 Å². The lowest BCUT2D eigenvalue weighted by Gasteiger charge is -2.10. The van der Waals surface area contributed by atoms with Crippen molar-refractivity contribution in [3.63, 3.8) is 0 Å². The van der Waals surface area contributed by atoms with Gasteiger partial charge in [0, 0.05) is 30.1 Å². The van der Waals surface area contributed by atoms with Crippen molar-refractivity contribution < 1.29 is 4.39 Å². The van der Waals surface area contributed by atoms with Crippen molar-refractivity contribution in [2.75, 3.05) is 18.4 Å². The molecule has 19 heavy (non-hydrogen) atoms. The Morgan fingerprint density at radius 3 is 2.58 bits per heavy atom. The Bertz CT molecular complexity index is 527. The number of hydrogen-bond acceptors (Lipinski definition) is 4. The van der Waals surface area contributed by atoms with E-state index >= 15 is 0 Å². The fourth-order valence-electron chi connectivity index (χ4n) is 1.60. The highest BCUT2D eigenvalue weighted by molar-refractivity contribution is 5.62. The van der Waals surface area contributed by atoms with Crippen LogP contribution in [0.1, 0.15) is 6.92 Å². The third-order valence-corrected chi connectivity index (χ3v) is 2.85. The zero-order valence-electron chi connectivity index (χ0n) is 10.8. The van der Waals surface area contributed by atoms with Crippen molar-refractivity contribution in [1.82, 2.24) is 9.97 Å². The maximum Gasteiger partial charge on any atom is 0.222 e. The van der Waals surface area contributed by atoms with Crippen LogP contribution in [-0.4, -0.2) is 23.1 Å². The number of hydrogen-bond donors (Lipinski definition) is 2. The van der Waals surface area contributed by atoms with Gasteiger partial charge in [0.2, 0.25) is 5.95 Å². The highest BCUT2D eigenvalue weighted by Gasteiger charge is 2.06. The molecule has 1 unspecified atom stereocenters. The lowest BCUT2D eigenvalue weighted by atomic mass is 10.1. The smallest absolute Gasteiger partial charge is 0.222 e. The Morgan fingerprint density at radius 1 is 1.26 bits per heavy atom. The van der Waals surface area contributed by atoms with Gasteiger partial charge in [-0.3, -0.25) is 0 Å². The normalized spacial score (nSPS) is 12.2. The van der Waals surface area contributed by atoms with E-state index in [1.807, 2.05) is 6.92 Å². The Labute approximate surface area is 111 Å². The van der Waals surface area contributed by atoms with Crippen LogP contribution < -0.4 is 11.1 Å². The van der Waals surface area contributed by atoms with Gasteiger partial charge < -0.3 is 11.1 Å². The van der Waals surface area contributed by atoms with Crippen LogP contribution >= 0.6 is 0 Å². The molecule has 2 aromatic rings. The molecule has 1 heterocycles. The molecule has 1 aromatic heterocycles. The first-order valence-electron chi connectivity index (χ1n) is 6.21. The van der Waals surface area contributed by atoms with Gasteiger partial charge in [-0.05, 0) is 18.5 Å². The molecule has 0 bridgehead atoms. The van der Waals surface area contributed by atoms with E-state index in [4.69, 9.17) is 5.73 Å². The molecule has 0 aliphatic carbocycles. The van der Waals surface area contributed by atoms with Gasteiger partial charge in [-0.25, -0.2) is 14.4 Å². The highest BCUT2D eigenvalue weighted by atomic mass is 19.1. The molecule has 0 amide bonds. The third-order valence-electron chi connectivity index (χ3n) is 2.85. The minimum atomic E-state index is -0.274. The fraction of sp³-hybridized carbons (Fsp3) is 0.286. The van der Waals surface area contributed by atoms with Gasteiger partial charge in [-0.1, -0.05) is 25.1 Å². The molecule has 0 spiro atoms. The standard InChI is InChI=1S/C14H17FN4/c1-10(6-16)7-17-14-18-8-11(9-19-14)12-4-2-3-5-13(12)15/h2-5,8-10H,6-7,16H2,1H3,(H,17,18,19). The second kappa shape index (κ2) is 6.24. The van der Waals surface area contributed by atoms with Crippen LogP contribution in [0.5, 0.6) is 0 Å². The van der Waals surface area contributed by atoms with E-state index in [-0.39, 0.29) is 5.82 Å². The van der Waals surface area contributed by atoms with Crippen LogP contribution in [-0.2, 0) is 0 Å². The number of halogens is 1. The van der Waals surface area contributed by atoms with E-state index in [2.05, 4.69) is 15.3 Å². The Morgan fingerprint density at radius 2 is 1.95 bits per heavy atom.